The predicted molar refractivity (Wildman–Crippen MR) is 145 cm³/mol. The van der Waals surface area contributed by atoms with E-state index in [0.29, 0.717) is 22.4 Å². The van der Waals surface area contributed by atoms with Crippen molar-refractivity contribution in [2.24, 2.45) is 0 Å². The number of hydrogen-bond donors (Lipinski definition) is 3. The summed E-state index contributed by atoms with van der Waals surface area (Å²) in [5, 5.41) is 8.58. The van der Waals surface area contributed by atoms with E-state index in [1.807, 2.05) is 55.5 Å². The molecule has 1 amide bonds. The van der Waals surface area contributed by atoms with Crippen molar-refractivity contribution in [3.05, 3.63) is 101 Å². The maximum Gasteiger partial charge on any atom is 0.251 e. The van der Waals surface area contributed by atoms with Gasteiger partial charge in [0.25, 0.3) is 5.91 Å². The van der Waals surface area contributed by atoms with Gasteiger partial charge in [-0.15, -0.1) is 0 Å². The first kappa shape index (κ1) is 22.8. The van der Waals surface area contributed by atoms with Crippen molar-refractivity contribution < 1.29 is 9.59 Å². The Kier molecular flexibility index (Phi) is 5.41. The Morgan fingerprint density at radius 2 is 1.76 bits per heavy atom. The highest BCUT2D eigenvalue weighted by Crippen LogP contribution is 2.33. The number of aryl methyl sites for hydroxylation is 2. The molecular weight excluding hydrogens is 462 g/mol. The summed E-state index contributed by atoms with van der Waals surface area (Å²) in [6, 6.07) is 21.3. The summed E-state index contributed by atoms with van der Waals surface area (Å²) in [4.78, 5) is 29.9. The van der Waals surface area contributed by atoms with Crippen LogP contribution in [0, 0.1) is 13.8 Å². The molecule has 1 fully saturated rings. The van der Waals surface area contributed by atoms with Crippen LogP contribution in [-0.2, 0) is 0 Å². The van der Waals surface area contributed by atoms with E-state index in [9.17, 15) is 9.59 Å². The lowest BCUT2D eigenvalue weighted by Gasteiger charge is -2.12. The molecule has 1 aliphatic carbocycles. The first-order valence-corrected chi connectivity index (χ1v) is 12.4. The van der Waals surface area contributed by atoms with Gasteiger partial charge in [0.1, 0.15) is 5.82 Å². The predicted octanol–water partition coefficient (Wildman–Crippen LogP) is 5.34. The van der Waals surface area contributed by atoms with Gasteiger partial charge in [-0.2, -0.15) is 5.10 Å². The number of aromatic amines is 1. The highest BCUT2D eigenvalue weighted by molar-refractivity contribution is 6.15. The molecule has 0 bridgehead atoms. The molecule has 7 nitrogen and oxygen atoms in total. The number of nitrogens with zero attached hydrogens (tertiary/aromatic N) is 2. The molecule has 184 valence electrons. The number of carbonyl (C=O) groups excluding carboxylic acids is 2. The summed E-state index contributed by atoms with van der Waals surface area (Å²) in [6.07, 6.45) is 3.53. The lowest BCUT2D eigenvalue weighted by Crippen LogP contribution is -2.25. The summed E-state index contributed by atoms with van der Waals surface area (Å²) in [7, 11) is 0. The smallest absolute Gasteiger partial charge is 0.251 e. The Labute approximate surface area is 214 Å². The van der Waals surface area contributed by atoms with Crippen LogP contribution in [0.3, 0.4) is 0 Å². The summed E-state index contributed by atoms with van der Waals surface area (Å²) < 4.78 is 1.53. The summed E-state index contributed by atoms with van der Waals surface area (Å²) in [5.74, 6) is -0.0953. The number of nitrogen functional groups attached to an aromatic ring is 1. The minimum Gasteiger partial charge on any atom is -0.383 e. The highest BCUT2D eigenvalue weighted by atomic mass is 16.1. The van der Waals surface area contributed by atoms with Crippen molar-refractivity contribution in [2.75, 3.05) is 5.73 Å². The number of H-pyrrole nitrogens is 1. The normalized spacial score (nSPS) is 13.1. The number of nitrogens with two attached hydrogens (primary N) is 1. The van der Waals surface area contributed by atoms with Crippen molar-refractivity contribution in [1.29, 1.82) is 0 Å². The van der Waals surface area contributed by atoms with E-state index in [1.54, 1.807) is 12.1 Å². The van der Waals surface area contributed by atoms with Crippen LogP contribution < -0.4 is 11.1 Å². The molecule has 3 aromatic carbocycles. The van der Waals surface area contributed by atoms with Gasteiger partial charge in [0.2, 0.25) is 0 Å². The molecule has 0 unspecified atom stereocenters. The van der Waals surface area contributed by atoms with Crippen LogP contribution in [0.25, 0.3) is 27.8 Å². The number of fused-ring (bicyclic) bond motifs is 1. The maximum absolute atomic E-state index is 13.8. The van der Waals surface area contributed by atoms with Crippen LogP contribution in [-0.4, -0.2) is 32.5 Å². The van der Waals surface area contributed by atoms with Gasteiger partial charge in [-0.05, 0) is 56.0 Å². The molecule has 4 N–H and O–H groups in total. The molecule has 0 radical (unpaired) electrons. The van der Waals surface area contributed by atoms with Crippen LogP contribution in [0.5, 0.6) is 0 Å². The Hall–Kier alpha value is -4.65. The second kappa shape index (κ2) is 8.78. The second-order valence-electron chi connectivity index (χ2n) is 9.65. The number of benzene rings is 3. The van der Waals surface area contributed by atoms with Crippen LogP contribution in [0.4, 0.5) is 5.82 Å². The molecule has 1 aliphatic rings. The Morgan fingerprint density at radius 1 is 1.00 bits per heavy atom. The molecule has 0 saturated heterocycles. The van der Waals surface area contributed by atoms with E-state index in [2.05, 4.69) is 28.4 Å². The SMILES string of the molecule is Cc1ccc(C(=O)NC2CC2)cc1-n1ncc(C(=O)c2ccccc2-c2[nH]c3ccccc3c2C)c1N. The minimum atomic E-state index is -0.210. The number of anilines is 1. The standard InChI is InChI=1S/C30H27N5O2/c1-17-11-12-19(30(37)33-20-13-14-20)15-26(17)35-29(31)24(16-32-35)28(36)23-9-4-3-8-22(23)27-18(2)21-7-5-6-10-25(21)34-27/h3-12,15-16,20,34H,13-14,31H2,1-2H3,(H,33,37). The molecule has 37 heavy (non-hydrogen) atoms. The monoisotopic (exact) mass is 489 g/mol. The molecule has 1 saturated carbocycles. The fraction of sp³-hybridized carbons (Fsp3) is 0.167. The van der Waals surface area contributed by atoms with Gasteiger partial charge < -0.3 is 16.0 Å². The van der Waals surface area contributed by atoms with Crippen LogP contribution in [0.1, 0.15) is 50.2 Å². The number of ketones is 1. The van der Waals surface area contributed by atoms with Crippen molar-refractivity contribution in [3.63, 3.8) is 0 Å². The van der Waals surface area contributed by atoms with E-state index in [1.165, 1.54) is 10.9 Å². The molecule has 5 aromatic rings. The van der Waals surface area contributed by atoms with Gasteiger partial charge in [-0.3, -0.25) is 9.59 Å². The second-order valence-corrected chi connectivity index (χ2v) is 9.65. The molecule has 2 aromatic heterocycles. The van der Waals surface area contributed by atoms with Crippen molar-refractivity contribution in [1.82, 2.24) is 20.1 Å². The number of carbonyl (C=O) groups is 2. The Balaban J connectivity index is 1.38. The number of amides is 1. The van der Waals surface area contributed by atoms with E-state index >= 15 is 0 Å². The van der Waals surface area contributed by atoms with Gasteiger partial charge in [0.05, 0.1) is 23.1 Å². The fourth-order valence-electron chi connectivity index (χ4n) is 4.80. The molecule has 0 spiro atoms. The zero-order chi connectivity index (χ0) is 25.7. The van der Waals surface area contributed by atoms with Gasteiger partial charge in [-0.25, -0.2) is 4.68 Å². The zero-order valence-corrected chi connectivity index (χ0v) is 20.7. The summed E-state index contributed by atoms with van der Waals surface area (Å²) in [6.45, 7) is 3.98. The van der Waals surface area contributed by atoms with Crippen molar-refractivity contribution >= 4 is 28.4 Å². The number of para-hydroxylation sites is 1. The number of hydrogen-bond acceptors (Lipinski definition) is 4. The topological polar surface area (TPSA) is 106 Å². The molecular formula is C30H27N5O2. The van der Waals surface area contributed by atoms with Crippen LogP contribution in [0.2, 0.25) is 0 Å². The Morgan fingerprint density at radius 3 is 2.54 bits per heavy atom. The fourth-order valence-corrected chi connectivity index (χ4v) is 4.80. The van der Waals surface area contributed by atoms with E-state index in [-0.39, 0.29) is 23.6 Å². The minimum absolute atomic E-state index is 0.117. The van der Waals surface area contributed by atoms with Crippen LogP contribution in [0.15, 0.2) is 72.9 Å². The largest absolute Gasteiger partial charge is 0.383 e. The molecule has 6 rings (SSSR count). The van der Waals surface area contributed by atoms with Crippen LogP contribution >= 0.6 is 0 Å². The van der Waals surface area contributed by atoms with Crippen molar-refractivity contribution in [2.45, 2.75) is 32.7 Å². The summed E-state index contributed by atoms with van der Waals surface area (Å²) >= 11 is 0. The quantitative estimate of drug-likeness (QED) is 0.280. The van der Waals surface area contributed by atoms with E-state index in [0.717, 1.165) is 46.1 Å². The summed E-state index contributed by atoms with van der Waals surface area (Å²) in [5.41, 5.74) is 13.3. The first-order chi connectivity index (χ1) is 17.9. The van der Waals surface area contributed by atoms with E-state index < -0.39 is 0 Å². The highest BCUT2D eigenvalue weighted by Gasteiger charge is 2.25. The third kappa shape index (κ3) is 3.98. The Bertz CT molecular complexity index is 1690. The molecule has 0 aliphatic heterocycles. The lowest BCUT2D eigenvalue weighted by atomic mass is 9.96. The van der Waals surface area contributed by atoms with Gasteiger partial charge in [0.15, 0.2) is 5.78 Å². The number of nitrogens with one attached hydrogen (secondary N) is 2. The zero-order valence-electron chi connectivity index (χ0n) is 20.7. The first-order valence-electron chi connectivity index (χ1n) is 12.4. The number of aromatic nitrogens is 3. The third-order valence-electron chi connectivity index (χ3n) is 7.07. The molecule has 7 heteroatoms. The van der Waals surface area contributed by atoms with Gasteiger partial charge >= 0.3 is 0 Å². The van der Waals surface area contributed by atoms with E-state index in [4.69, 9.17) is 5.73 Å². The number of rotatable bonds is 6. The van der Waals surface area contributed by atoms with Crippen molar-refractivity contribution in [3.8, 4) is 16.9 Å². The lowest BCUT2D eigenvalue weighted by molar-refractivity contribution is 0.0950. The third-order valence-corrected chi connectivity index (χ3v) is 7.07. The maximum atomic E-state index is 13.8. The van der Waals surface area contributed by atoms with Gasteiger partial charge in [-0.1, -0.05) is 48.5 Å². The molecule has 0 atom stereocenters. The molecule has 2 heterocycles. The average Bonchev–Trinajstić information content (AvgIpc) is 3.56. The van der Waals surface area contributed by atoms with Gasteiger partial charge in [0, 0.05) is 33.6 Å². The average molecular weight is 490 g/mol.